The summed E-state index contributed by atoms with van der Waals surface area (Å²) < 4.78 is 5.44. The van der Waals surface area contributed by atoms with Crippen LogP contribution in [0.4, 0.5) is 4.79 Å². The standard InChI is InChI=1S/C20H22N2O4S/c1-27-11-10-22(12-19(23)24)21-20(25)26-13-18-16-8-4-2-6-14(16)15-7-3-5-9-17(15)18/h2-9,18H,10-13H2,1H3,(H,21,25)(H,23,24). The van der Waals surface area contributed by atoms with Crippen LogP contribution in [0.15, 0.2) is 48.5 Å². The number of amides is 1. The van der Waals surface area contributed by atoms with Crippen LogP contribution >= 0.6 is 11.8 Å². The monoisotopic (exact) mass is 386 g/mol. The Balaban J connectivity index is 1.65. The molecule has 1 amide bonds. The maximum Gasteiger partial charge on any atom is 0.421 e. The zero-order valence-corrected chi connectivity index (χ0v) is 15.9. The second-order valence-electron chi connectivity index (χ2n) is 6.25. The van der Waals surface area contributed by atoms with Gasteiger partial charge in [-0.05, 0) is 28.5 Å². The lowest BCUT2D eigenvalue weighted by Crippen LogP contribution is -2.46. The lowest BCUT2D eigenvalue weighted by atomic mass is 9.98. The predicted octanol–water partition coefficient (Wildman–Crippen LogP) is 3.19. The number of hydrogen-bond acceptors (Lipinski definition) is 5. The lowest BCUT2D eigenvalue weighted by molar-refractivity contribution is -0.138. The molecule has 0 saturated heterocycles. The van der Waals surface area contributed by atoms with Crippen LogP contribution in [0.2, 0.25) is 0 Å². The first kappa shape index (κ1) is 19.3. The molecule has 0 aromatic heterocycles. The molecule has 27 heavy (non-hydrogen) atoms. The van der Waals surface area contributed by atoms with Gasteiger partial charge in [-0.1, -0.05) is 48.5 Å². The van der Waals surface area contributed by atoms with Crippen LogP contribution < -0.4 is 5.43 Å². The fourth-order valence-corrected chi connectivity index (χ4v) is 3.70. The van der Waals surface area contributed by atoms with E-state index in [9.17, 15) is 9.59 Å². The summed E-state index contributed by atoms with van der Waals surface area (Å²) in [6, 6.07) is 16.2. The summed E-state index contributed by atoms with van der Waals surface area (Å²) in [5.41, 5.74) is 7.13. The van der Waals surface area contributed by atoms with Crippen molar-refractivity contribution in [1.29, 1.82) is 0 Å². The van der Waals surface area contributed by atoms with Gasteiger partial charge >= 0.3 is 12.1 Å². The molecule has 0 atom stereocenters. The van der Waals surface area contributed by atoms with Gasteiger partial charge in [0.1, 0.15) is 13.2 Å². The van der Waals surface area contributed by atoms with E-state index in [0.717, 1.165) is 22.3 Å². The third-order valence-electron chi connectivity index (χ3n) is 4.48. The van der Waals surface area contributed by atoms with Crippen molar-refractivity contribution in [2.24, 2.45) is 0 Å². The molecule has 0 heterocycles. The van der Waals surface area contributed by atoms with E-state index in [1.807, 2.05) is 30.5 Å². The first-order valence-corrected chi connectivity index (χ1v) is 10.1. The Bertz CT molecular complexity index is 782. The van der Waals surface area contributed by atoms with Gasteiger partial charge in [-0.3, -0.25) is 10.2 Å². The van der Waals surface area contributed by atoms with E-state index in [1.165, 1.54) is 5.01 Å². The highest BCUT2D eigenvalue weighted by Crippen LogP contribution is 2.44. The highest BCUT2D eigenvalue weighted by atomic mass is 32.2. The van der Waals surface area contributed by atoms with Crippen LogP contribution in [0.5, 0.6) is 0 Å². The Labute approximate surface area is 162 Å². The number of hydrogen-bond donors (Lipinski definition) is 2. The molecule has 3 rings (SSSR count). The summed E-state index contributed by atoms with van der Waals surface area (Å²) >= 11 is 1.58. The van der Waals surface area contributed by atoms with Crippen molar-refractivity contribution in [3.63, 3.8) is 0 Å². The van der Waals surface area contributed by atoms with Crippen LogP contribution in [0.1, 0.15) is 17.0 Å². The third kappa shape index (κ3) is 4.61. The number of aliphatic carboxylic acids is 1. The Hall–Kier alpha value is -2.51. The molecule has 6 nitrogen and oxygen atoms in total. The number of thioether (sulfide) groups is 1. The van der Waals surface area contributed by atoms with Crippen LogP contribution in [-0.4, -0.2) is 53.9 Å². The van der Waals surface area contributed by atoms with E-state index in [1.54, 1.807) is 11.8 Å². The molecule has 2 N–H and O–H groups in total. The number of rotatable bonds is 8. The summed E-state index contributed by atoms with van der Waals surface area (Å²) in [6.45, 7) is 0.353. The van der Waals surface area contributed by atoms with E-state index in [2.05, 4.69) is 29.7 Å². The fourth-order valence-electron chi connectivity index (χ4n) is 3.30. The second-order valence-corrected chi connectivity index (χ2v) is 7.23. The van der Waals surface area contributed by atoms with Gasteiger partial charge in [-0.2, -0.15) is 11.8 Å². The highest BCUT2D eigenvalue weighted by molar-refractivity contribution is 7.98. The quantitative estimate of drug-likeness (QED) is 0.679. The molecule has 0 saturated carbocycles. The molecule has 0 bridgehead atoms. The minimum absolute atomic E-state index is 0.0257. The van der Waals surface area contributed by atoms with Gasteiger partial charge in [-0.25, -0.2) is 9.80 Å². The molecule has 1 aliphatic carbocycles. The second kappa shape index (κ2) is 8.92. The van der Waals surface area contributed by atoms with E-state index in [-0.39, 0.29) is 19.1 Å². The van der Waals surface area contributed by atoms with Crippen molar-refractivity contribution in [3.8, 4) is 11.1 Å². The highest BCUT2D eigenvalue weighted by Gasteiger charge is 2.29. The number of hydrazine groups is 1. The predicted molar refractivity (Wildman–Crippen MR) is 106 cm³/mol. The van der Waals surface area contributed by atoms with E-state index < -0.39 is 12.1 Å². The van der Waals surface area contributed by atoms with Crippen LogP contribution in [0.25, 0.3) is 11.1 Å². The number of ether oxygens (including phenoxy) is 1. The molecule has 0 spiro atoms. The number of carboxylic acid groups (broad SMARTS) is 1. The Morgan fingerprint density at radius 1 is 1.11 bits per heavy atom. The first-order chi connectivity index (χ1) is 13.1. The molecule has 2 aromatic carbocycles. The van der Waals surface area contributed by atoms with Crippen molar-refractivity contribution < 1.29 is 19.4 Å². The molecule has 7 heteroatoms. The first-order valence-electron chi connectivity index (χ1n) is 8.67. The Kier molecular flexibility index (Phi) is 6.36. The normalized spacial score (nSPS) is 12.5. The summed E-state index contributed by atoms with van der Waals surface area (Å²) in [5.74, 6) is -0.325. The van der Waals surface area contributed by atoms with Crippen molar-refractivity contribution in [3.05, 3.63) is 59.7 Å². The van der Waals surface area contributed by atoms with E-state index in [4.69, 9.17) is 9.84 Å². The maximum atomic E-state index is 12.2. The zero-order valence-electron chi connectivity index (χ0n) is 15.1. The fraction of sp³-hybridized carbons (Fsp3) is 0.300. The van der Waals surface area contributed by atoms with Gasteiger partial charge in [-0.15, -0.1) is 0 Å². The molecule has 0 fully saturated rings. The van der Waals surface area contributed by atoms with E-state index in [0.29, 0.717) is 12.3 Å². The minimum atomic E-state index is -1.00. The molecule has 142 valence electrons. The SMILES string of the molecule is CSCCN(CC(=O)O)NC(=O)OCC1c2ccccc2-c2ccccc21. The number of benzene rings is 2. The van der Waals surface area contributed by atoms with Gasteiger partial charge in [0, 0.05) is 18.2 Å². The molecule has 2 aromatic rings. The average molecular weight is 386 g/mol. The smallest absolute Gasteiger partial charge is 0.421 e. The van der Waals surface area contributed by atoms with Gasteiger partial charge in [0.25, 0.3) is 0 Å². The number of fused-ring (bicyclic) bond motifs is 3. The molecular formula is C20H22N2O4S. The third-order valence-corrected chi connectivity index (χ3v) is 5.08. The maximum absolute atomic E-state index is 12.2. The van der Waals surface area contributed by atoms with Crippen molar-refractivity contribution in [1.82, 2.24) is 10.4 Å². The number of nitrogens with zero attached hydrogens (tertiary/aromatic N) is 1. The number of nitrogens with one attached hydrogen (secondary N) is 1. The Morgan fingerprint density at radius 3 is 2.26 bits per heavy atom. The average Bonchev–Trinajstić information content (AvgIpc) is 2.98. The van der Waals surface area contributed by atoms with Crippen molar-refractivity contribution in [2.45, 2.75) is 5.92 Å². The van der Waals surface area contributed by atoms with Crippen LogP contribution in [-0.2, 0) is 9.53 Å². The summed E-state index contributed by atoms with van der Waals surface area (Å²) in [5, 5.41) is 10.3. The van der Waals surface area contributed by atoms with Crippen molar-refractivity contribution >= 4 is 23.8 Å². The van der Waals surface area contributed by atoms with Gasteiger partial charge < -0.3 is 9.84 Å². The number of carbonyl (C=O) groups excluding carboxylic acids is 1. The molecular weight excluding hydrogens is 364 g/mol. The molecule has 1 aliphatic rings. The molecule has 0 aliphatic heterocycles. The topological polar surface area (TPSA) is 78.9 Å². The summed E-state index contributed by atoms with van der Waals surface area (Å²) in [6.07, 6.45) is 1.28. The van der Waals surface area contributed by atoms with Gasteiger partial charge in [0.2, 0.25) is 0 Å². The minimum Gasteiger partial charge on any atom is -0.480 e. The molecule has 0 unspecified atom stereocenters. The van der Waals surface area contributed by atoms with Crippen LogP contribution in [0, 0.1) is 0 Å². The van der Waals surface area contributed by atoms with Crippen molar-refractivity contribution in [2.75, 3.05) is 31.7 Å². The van der Waals surface area contributed by atoms with Crippen LogP contribution in [0.3, 0.4) is 0 Å². The Morgan fingerprint density at radius 2 is 1.70 bits per heavy atom. The zero-order chi connectivity index (χ0) is 19.2. The van der Waals surface area contributed by atoms with Gasteiger partial charge in [0.05, 0.1) is 0 Å². The largest absolute Gasteiger partial charge is 0.480 e. The van der Waals surface area contributed by atoms with Gasteiger partial charge in [0.15, 0.2) is 0 Å². The lowest BCUT2D eigenvalue weighted by Gasteiger charge is -2.21. The van der Waals surface area contributed by atoms with E-state index >= 15 is 0 Å². The molecule has 0 radical (unpaired) electrons. The number of carbonyl (C=O) groups is 2. The summed E-state index contributed by atoms with van der Waals surface area (Å²) in [7, 11) is 0. The summed E-state index contributed by atoms with van der Waals surface area (Å²) in [4.78, 5) is 23.2. The number of carboxylic acids is 1.